The first-order chi connectivity index (χ1) is 15.5. The van der Waals surface area contributed by atoms with Crippen molar-refractivity contribution in [2.24, 2.45) is 10.8 Å². The molecule has 0 spiro atoms. The predicted molar refractivity (Wildman–Crippen MR) is 131 cm³/mol. The number of pyridine rings is 1. The van der Waals surface area contributed by atoms with Crippen molar-refractivity contribution in [1.29, 1.82) is 5.26 Å². The number of hydrogen-bond acceptors (Lipinski definition) is 6. The Balaban J connectivity index is 0.000000257. The minimum absolute atomic E-state index is 0.0183. The summed E-state index contributed by atoms with van der Waals surface area (Å²) in [4.78, 5) is 19.3. The van der Waals surface area contributed by atoms with E-state index in [0.29, 0.717) is 11.1 Å². The number of phenolic OH excluding ortho intramolecular Hbond substituents is 1. The summed E-state index contributed by atoms with van der Waals surface area (Å²) >= 11 is 5.55. The van der Waals surface area contributed by atoms with Crippen molar-refractivity contribution in [2.45, 2.75) is 40.2 Å². The third-order valence-corrected chi connectivity index (χ3v) is 6.59. The molecule has 1 aliphatic carbocycles. The number of benzene rings is 1. The Morgan fingerprint density at radius 1 is 1.21 bits per heavy atom. The lowest BCUT2D eigenvalue weighted by atomic mass is 9.52. The van der Waals surface area contributed by atoms with Crippen molar-refractivity contribution < 1.29 is 9.90 Å². The van der Waals surface area contributed by atoms with E-state index in [1.54, 1.807) is 6.20 Å². The van der Waals surface area contributed by atoms with Crippen LogP contribution in [0.25, 0.3) is 0 Å². The van der Waals surface area contributed by atoms with Gasteiger partial charge in [0.25, 0.3) is 5.91 Å². The van der Waals surface area contributed by atoms with Crippen molar-refractivity contribution >= 4 is 23.3 Å². The Morgan fingerprint density at radius 2 is 1.88 bits per heavy atom. The van der Waals surface area contributed by atoms with Crippen molar-refractivity contribution in [3.8, 4) is 11.8 Å². The van der Waals surface area contributed by atoms with Gasteiger partial charge in [0.15, 0.2) is 0 Å². The first-order valence-electron chi connectivity index (χ1n) is 11.1. The highest BCUT2D eigenvalue weighted by Crippen LogP contribution is 2.53. The Hall–Kier alpha value is -2.82. The molecule has 1 aromatic carbocycles. The summed E-state index contributed by atoms with van der Waals surface area (Å²) in [5, 5.41) is 24.1. The summed E-state index contributed by atoms with van der Waals surface area (Å²) in [5.41, 5.74) is 1.34. The average Bonchev–Trinajstić information content (AvgIpc) is 2.78. The molecule has 176 valence electrons. The zero-order valence-corrected chi connectivity index (χ0v) is 20.4. The third kappa shape index (κ3) is 5.95. The van der Waals surface area contributed by atoms with Gasteiger partial charge in [0, 0.05) is 38.4 Å². The van der Waals surface area contributed by atoms with E-state index < -0.39 is 0 Å². The van der Waals surface area contributed by atoms with Crippen LogP contribution in [-0.2, 0) is 0 Å². The lowest BCUT2D eigenvalue weighted by Gasteiger charge is -2.57. The standard InChI is InChI=1S/C18H28N4O.C7H4ClNO/c1-17(2)12-18(3,4)16(17)21-15(23)13-5-6-14(20-11-13)22-9-7-19-8-10-22;8-7-3-6(10)2-1-5(7)4-9/h5-6,11,16,19H,7-10,12H2,1-4H3,(H,21,23);1-3,10H. The highest BCUT2D eigenvalue weighted by atomic mass is 35.5. The number of aromatic nitrogens is 1. The molecule has 2 heterocycles. The molecule has 33 heavy (non-hydrogen) atoms. The van der Waals surface area contributed by atoms with Gasteiger partial charge in [0.2, 0.25) is 0 Å². The number of aromatic hydroxyl groups is 1. The molecule has 1 amide bonds. The lowest BCUT2D eigenvalue weighted by molar-refractivity contribution is -0.0366. The third-order valence-electron chi connectivity index (χ3n) is 6.27. The summed E-state index contributed by atoms with van der Waals surface area (Å²) in [6, 6.07) is 10.2. The Labute approximate surface area is 200 Å². The van der Waals surface area contributed by atoms with Crippen molar-refractivity contribution in [1.82, 2.24) is 15.6 Å². The molecule has 3 N–H and O–H groups in total. The molecule has 0 unspecified atom stereocenters. The largest absolute Gasteiger partial charge is 0.508 e. The molecule has 8 heteroatoms. The number of anilines is 1. The number of piperazine rings is 1. The van der Waals surface area contributed by atoms with Crippen LogP contribution in [0, 0.1) is 22.2 Å². The van der Waals surface area contributed by atoms with Crippen LogP contribution in [0.1, 0.15) is 50.0 Å². The molecule has 1 saturated heterocycles. The van der Waals surface area contributed by atoms with E-state index in [4.69, 9.17) is 22.0 Å². The fraction of sp³-hybridized carbons (Fsp3) is 0.480. The molecule has 2 aliphatic rings. The van der Waals surface area contributed by atoms with Crippen LogP contribution in [0.2, 0.25) is 5.02 Å². The number of nitriles is 1. The van der Waals surface area contributed by atoms with E-state index in [1.807, 2.05) is 18.2 Å². The van der Waals surface area contributed by atoms with Crippen LogP contribution in [-0.4, -0.2) is 48.2 Å². The number of phenols is 1. The Kier molecular flexibility index (Phi) is 7.51. The molecule has 1 aliphatic heterocycles. The normalized spacial score (nSPS) is 18.8. The van der Waals surface area contributed by atoms with Crippen LogP contribution in [0.4, 0.5) is 5.82 Å². The number of amides is 1. The molecule has 2 aromatic rings. The molecule has 0 radical (unpaired) electrons. The van der Waals surface area contributed by atoms with E-state index >= 15 is 0 Å². The molecule has 1 aromatic heterocycles. The van der Waals surface area contributed by atoms with Crippen molar-refractivity contribution in [2.75, 3.05) is 31.1 Å². The maximum atomic E-state index is 12.5. The first-order valence-corrected chi connectivity index (χ1v) is 11.5. The number of carbonyl (C=O) groups excluding carboxylic acids is 1. The smallest absolute Gasteiger partial charge is 0.253 e. The SMILES string of the molecule is CC1(C)CC(C)(C)C1NC(=O)c1ccc(N2CCNCC2)nc1.N#Cc1ccc(O)cc1Cl. The summed E-state index contributed by atoms with van der Waals surface area (Å²) in [6.07, 6.45) is 2.83. The van der Waals surface area contributed by atoms with E-state index in [1.165, 1.54) is 18.2 Å². The van der Waals surface area contributed by atoms with Gasteiger partial charge in [0.1, 0.15) is 17.6 Å². The van der Waals surface area contributed by atoms with E-state index in [2.05, 4.69) is 48.2 Å². The van der Waals surface area contributed by atoms with Crippen molar-refractivity contribution in [3.05, 3.63) is 52.7 Å². The number of nitrogens with zero attached hydrogens (tertiary/aromatic N) is 3. The van der Waals surface area contributed by atoms with Gasteiger partial charge in [-0.3, -0.25) is 4.79 Å². The second-order valence-corrected chi connectivity index (χ2v) is 10.4. The van der Waals surface area contributed by atoms with E-state index in [-0.39, 0.29) is 33.6 Å². The predicted octanol–water partition coefficient (Wildman–Crippen LogP) is 3.96. The zero-order valence-electron chi connectivity index (χ0n) is 19.7. The molecule has 0 bridgehead atoms. The maximum absolute atomic E-state index is 12.5. The average molecular weight is 470 g/mol. The van der Waals surface area contributed by atoms with Crippen LogP contribution in [0.3, 0.4) is 0 Å². The summed E-state index contributed by atoms with van der Waals surface area (Å²) < 4.78 is 0. The van der Waals surface area contributed by atoms with Crippen molar-refractivity contribution in [3.63, 3.8) is 0 Å². The fourth-order valence-electron chi connectivity index (χ4n) is 5.11. The fourth-order valence-corrected chi connectivity index (χ4v) is 5.32. The monoisotopic (exact) mass is 469 g/mol. The second kappa shape index (κ2) is 9.98. The van der Waals surface area contributed by atoms with Gasteiger partial charge in [-0.25, -0.2) is 4.98 Å². The quantitative estimate of drug-likeness (QED) is 0.628. The molecule has 2 fully saturated rings. The number of hydrogen-bond donors (Lipinski definition) is 3. The first kappa shape index (κ1) is 24.8. The van der Waals surface area contributed by atoms with Crippen LogP contribution >= 0.6 is 11.6 Å². The number of rotatable bonds is 3. The number of nitrogens with one attached hydrogen (secondary N) is 2. The van der Waals surface area contributed by atoms with E-state index in [0.717, 1.165) is 38.4 Å². The second-order valence-electron chi connectivity index (χ2n) is 9.98. The molecule has 7 nitrogen and oxygen atoms in total. The molecular formula is C25H32ClN5O2. The minimum atomic E-state index is -0.0183. The van der Waals surface area contributed by atoms with Crippen LogP contribution in [0.5, 0.6) is 5.75 Å². The number of carbonyl (C=O) groups is 1. The van der Waals surface area contributed by atoms with E-state index in [9.17, 15) is 4.79 Å². The highest BCUT2D eigenvalue weighted by Gasteiger charge is 2.53. The van der Waals surface area contributed by atoms with Gasteiger partial charge in [0.05, 0.1) is 16.1 Å². The van der Waals surface area contributed by atoms with Gasteiger partial charge in [-0.2, -0.15) is 5.26 Å². The number of halogens is 1. The minimum Gasteiger partial charge on any atom is -0.508 e. The van der Waals surface area contributed by atoms with Crippen LogP contribution in [0.15, 0.2) is 36.5 Å². The van der Waals surface area contributed by atoms with Gasteiger partial charge in [-0.1, -0.05) is 39.3 Å². The lowest BCUT2D eigenvalue weighted by Crippen LogP contribution is -2.63. The zero-order chi connectivity index (χ0) is 24.2. The van der Waals surface area contributed by atoms with Crippen LogP contribution < -0.4 is 15.5 Å². The summed E-state index contributed by atoms with van der Waals surface area (Å²) in [5.74, 6) is 1.01. The summed E-state index contributed by atoms with van der Waals surface area (Å²) in [7, 11) is 0. The Morgan fingerprint density at radius 3 is 2.39 bits per heavy atom. The molecule has 1 saturated carbocycles. The van der Waals surface area contributed by atoms with Gasteiger partial charge in [-0.05, 0) is 47.6 Å². The van der Waals surface area contributed by atoms with Gasteiger partial charge < -0.3 is 20.6 Å². The molecular weight excluding hydrogens is 438 g/mol. The van der Waals surface area contributed by atoms with Gasteiger partial charge in [-0.15, -0.1) is 0 Å². The van der Waals surface area contributed by atoms with Gasteiger partial charge >= 0.3 is 0 Å². The summed E-state index contributed by atoms with van der Waals surface area (Å²) in [6.45, 7) is 12.8. The Bertz CT molecular complexity index is 1010. The molecule has 0 atom stereocenters. The maximum Gasteiger partial charge on any atom is 0.253 e. The highest BCUT2D eigenvalue weighted by molar-refractivity contribution is 6.31. The molecule has 4 rings (SSSR count). The topological polar surface area (TPSA) is 101 Å².